The van der Waals surface area contributed by atoms with Crippen LogP contribution in [0.4, 0.5) is 0 Å². The van der Waals surface area contributed by atoms with Crippen LogP contribution in [0.3, 0.4) is 0 Å². The van der Waals surface area contributed by atoms with Gasteiger partial charge in [-0.15, -0.1) is 11.3 Å². The van der Waals surface area contributed by atoms with Crippen molar-refractivity contribution in [3.8, 4) is 5.00 Å². The molecule has 6 rings (SSSR count). The maximum atomic E-state index is 13.9. The lowest BCUT2D eigenvalue weighted by molar-refractivity contribution is -0.136. The summed E-state index contributed by atoms with van der Waals surface area (Å²) in [5.41, 5.74) is 8.18. The summed E-state index contributed by atoms with van der Waals surface area (Å²) in [6.07, 6.45) is 3.96. The van der Waals surface area contributed by atoms with Crippen molar-refractivity contribution in [2.24, 2.45) is 0 Å². The van der Waals surface area contributed by atoms with Crippen LogP contribution < -0.4 is 5.32 Å². The highest BCUT2D eigenvalue weighted by Crippen LogP contribution is 2.49. The molecule has 40 heavy (non-hydrogen) atoms. The van der Waals surface area contributed by atoms with Gasteiger partial charge in [0, 0.05) is 38.7 Å². The molecule has 1 aliphatic heterocycles. The fraction of sp³-hybridized carbons (Fsp3) is 0.344. The van der Waals surface area contributed by atoms with E-state index in [0.717, 1.165) is 64.5 Å². The Labute approximate surface area is 237 Å². The van der Waals surface area contributed by atoms with Gasteiger partial charge in [0.05, 0.1) is 36.5 Å². The van der Waals surface area contributed by atoms with Gasteiger partial charge in [-0.1, -0.05) is 24.3 Å². The molecule has 8 heteroatoms. The number of allylic oxidation sites excluding steroid dienone is 2. The second kappa shape index (κ2) is 9.93. The Morgan fingerprint density at radius 3 is 2.52 bits per heavy atom. The van der Waals surface area contributed by atoms with E-state index in [1.165, 1.54) is 12.0 Å². The topological polar surface area (TPSA) is 86.6 Å². The number of aromatic nitrogens is 1. The summed E-state index contributed by atoms with van der Waals surface area (Å²) in [6, 6.07) is 9.56. The van der Waals surface area contributed by atoms with Gasteiger partial charge in [-0.3, -0.25) is 4.79 Å². The van der Waals surface area contributed by atoms with Gasteiger partial charge in [-0.05, 0) is 70.6 Å². The Bertz CT molecular complexity index is 1670. The Morgan fingerprint density at radius 2 is 1.80 bits per heavy atom. The van der Waals surface area contributed by atoms with E-state index in [2.05, 4.69) is 9.88 Å². The number of fused-ring (bicyclic) bond motifs is 3. The number of methoxy groups -OCH3 is 1. The van der Waals surface area contributed by atoms with Gasteiger partial charge < -0.3 is 19.4 Å². The Morgan fingerprint density at radius 1 is 1.07 bits per heavy atom. The van der Waals surface area contributed by atoms with E-state index in [9.17, 15) is 14.4 Å². The Hall–Kier alpha value is -3.91. The van der Waals surface area contributed by atoms with Crippen LogP contribution in [0.15, 0.2) is 47.2 Å². The number of hydrogen-bond acceptors (Lipinski definition) is 7. The zero-order valence-corrected chi connectivity index (χ0v) is 24.2. The molecular weight excluding hydrogens is 524 g/mol. The average molecular weight is 557 g/mol. The number of dihydropyridines is 1. The number of carbonyl (C=O) groups excluding carboxylic acids is 3. The highest BCUT2D eigenvalue weighted by molar-refractivity contribution is 7.15. The molecule has 3 aromatic rings. The SMILES string of the molecule is CCOC(=O)c1c(-n2c(C)cc([C@@H]3C(C(=O)OC)=C(C)NC4=C3C(=O)c3ccccc34)c2C)sc2c1CCCC2. The number of benzene rings is 1. The van der Waals surface area contributed by atoms with Crippen molar-refractivity contribution in [2.45, 2.75) is 59.3 Å². The molecule has 2 aromatic heterocycles. The van der Waals surface area contributed by atoms with Crippen LogP contribution in [0.2, 0.25) is 0 Å². The highest BCUT2D eigenvalue weighted by atomic mass is 32.1. The minimum absolute atomic E-state index is 0.0967. The third-order valence-corrected chi connectivity index (χ3v) is 9.55. The number of hydrogen-bond donors (Lipinski definition) is 1. The molecule has 0 unspecified atom stereocenters. The van der Waals surface area contributed by atoms with Crippen molar-refractivity contribution in [1.82, 2.24) is 9.88 Å². The fourth-order valence-electron chi connectivity index (χ4n) is 6.54. The molecule has 1 atom stereocenters. The number of ketones is 1. The Balaban J connectivity index is 1.57. The molecule has 0 saturated heterocycles. The largest absolute Gasteiger partial charge is 0.466 e. The predicted octanol–water partition coefficient (Wildman–Crippen LogP) is 5.95. The van der Waals surface area contributed by atoms with Crippen molar-refractivity contribution in [2.75, 3.05) is 13.7 Å². The molecule has 3 aliphatic rings. The number of nitrogens with zero attached hydrogens (tertiary/aromatic N) is 1. The zero-order valence-electron chi connectivity index (χ0n) is 23.4. The lowest BCUT2D eigenvalue weighted by Gasteiger charge is -2.29. The van der Waals surface area contributed by atoms with E-state index in [0.29, 0.717) is 34.6 Å². The fourth-order valence-corrected chi connectivity index (χ4v) is 8.02. The summed E-state index contributed by atoms with van der Waals surface area (Å²) in [5, 5.41) is 4.19. The van der Waals surface area contributed by atoms with Crippen LogP contribution in [-0.4, -0.2) is 36.0 Å². The van der Waals surface area contributed by atoms with E-state index < -0.39 is 11.9 Å². The number of carbonyl (C=O) groups is 3. The van der Waals surface area contributed by atoms with E-state index in [1.807, 2.05) is 58.0 Å². The Kier molecular flexibility index (Phi) is 6.53. The number of rotatable bonds is 5. The summed E-state index contributed by atoms with van der Waals surface area (Å²) in [6.45, 7) is 7.97. The first kappa shape index (κ1) is 26.3. The summed E-state index contributed by atoms with van der Waals surface area (Å²) < 4.78 is 12.9. The quantitative estimate of drug-likeness (QED) is 0.391. The number of aryl methyl sites for hydroxylation is 2. The summed E-state index contributed by atoms with van der Waals surface area (Å²) >= 11 is 1.65. The lowest BCUT2D eigenvalue weighted by atomic mass is 9.79. The summed E-state index contributed by atoms with van der Waals surface area (Å²) in [4.78, 5) is 41.6. The first-order valence-electron chi connectivity index (χ1n) is 13.7. The maximum absolute atomic E-state index is 13.9. The molecule has 0 bridgehead atoms. The van der Waals surface area contributed by atoms with E-state index >= 15 is 0 Å². The van der Waals surface area contributed by atoms with E-state index in [4.69, 9.17) is 9.47 Å². The molecule has 206 valence electrons. The highest BCUT2D eigenvalue weighted by Gasteiger charge is 2.44. The summed E-state index contributed by atoms with van der Waals surface area (Å²) in [7, 11) is 1.36. The van der Waals surface area contributed by atoms with Crippen LogP contribution in [0.25, 0.3) is 10.7 Å². The summed E-state index contributed by atoms with van der Waals surface area (Å²) in [5.74, 6) is -1.50. The number of esters is 2. The second-order valence-electron chi connectivity index (χ2n) is 10.5. The number of nitrogens with one attached hydrogen (secondary N) is 1. The van der Waals surface area contributed by atoms with Crippen molar-refractivity contribution in [3.05, 3.63) is 91.3 Å². The van der Waals surface area contributed by atoms with Gasteiger partial charge in [-0.25, -0.2) is 9.59 Å². The van der Waals surface area contributed by atoms with Gasteiger partial charge >= 0.3 is 11.9 Å². The minimum Gasteiger partial charge on any atom is -0.466 e. The van der Waals surface area contributed by atoms with Crippen LogP contribution >= 0.6 is 11.3 Å². The minimum atomic E-state index is -0.621. The molecule has 0 fully saturated rings. The molecule has 3 heterocycles. The standard InChI is InChI=1S/C32H32N2O5S/c1-6-39-32(37)26-21-13-9-10-14-23(21)40-30(26)34-16(2)15-22(18(34)4)25-24(31(36)38-5)17(3)33-28-19-11-7-8-12-20(19)29(35)27(25)28/h7-8,11-12,15,25,33H,6,9-10,13-14H2,1-5H3/t25-/m1/s1. The molecule has 0 amide bonds. The van der Waals surface area contributed by atoms with Gasteiger partial charge in [0.1, 0.15) is 5.00 Å². The van der Waals surface area contributed by atoms with Gasteiger partial charge in [0.25, 0.3) is 0 Å². The lowest BCUT2D eigenvalue weighted by Crippen LogP contribution is -2.29. The third-order valence-electron chi connectivity index (χ3n) is 8.27. The molecule has 0 saturated carbocycles. The number of Topliss-reactive ketones (excluding diaryl/α,β-unsaturated/α-hetero) is 1. The number of ether oxygens (including phenoxy) is 2. The van der Waals surface area contributed by atoms with E-state index in [-0.39, 0.29) is 11.8 Å². The van der Waals surface area contributed by atoms with Crippen LogP contribution in [0.5, 0.6) is 0 Å². The van der Waals surface area contributed by atoms with Gasteiger partial charge in [0.2, 0.25) is 0 Å². The maximum Gasteiger partial charge on any atom is 0.341 e. The van der Waals surface area contributed by atoms with Gasteiger partial charge in [-0.2, -0.15) is 0 Å². The normalized spacial score (nSPS) is 17.8. The molecule has 1 aromatic carbocycles. The zero-order chi connectivity index (χ0) is 28.3. The molecule has 0 radical (unpaired) electrons. The van der Waals surface area contributed by atoms with Crippen LogP contribution in [0, 0.1) is 13.8 Å². The molecule has 2 aliphatic carbocycles. The number of thiophene rings is 1. The van der Waals surface area contributed by atoms with Crippen molar-refractivity contribution in [1.29, 1.82) is 0 Å². The van der Waals surface area contributed by atoms with Crippen molar-refractivity contribution in [3.63, 3.8) is 0 Å². The molecule has 1 N–H and O–H groups in total. The molecule has 0 spiro atoms. The van der Waals surface area contributed by atoms with Crippen LogP contribution in [0.1, 0.15) is 86.3 Å². The monoisotopic (exact) mass is 556 g/mol. The first-order valence-corrected chi connectivity index (χ1v) is 14.5. The van der Waals surface area contributed by atoms with Gasteiger partial charge in [0.15, 0.2) is 5.78 Å². The van der Waals surface area contributed by atoms with Crippen molar-refractivity contribution >= 4 is 34.8 Å². The molecular formula is C32H32N2O5S. The molecule has 7 nitrogen and oxygen atoms in total. The van der Waals surface area contributed by atoms with E-state index in [1.54, 1.807) is 11.3 Å². The third kappa shape index (κ3) is 3.80. The smallest absolute Gasteiger partial charge is 0.341 e. The predicted molar refractivity (Wildman–Crippen MR) is 154 cm³/mol. The van der Waals surface area contributed by atoms with Crippen LogP contribution in [-0.2, 0) is 27.1 Å². The first-order chi connectivity index (χ1) is 19.3. The average Bonchev–Trinajstić information content (AvgIpc) is 3.56. The second-order valence-corrected chi connectivity index (χ2v) is 11.6. The van der Waals surface area contributed by atoms with Crippen molar-refractivity contribution < 1.29 is 23.9 Å².